The van der Waals surface area contributed by atoms with Crippen molar-refractivity contribution >= 4 is 0 Å². The highest BCUT2D eigenvalue weighted by Crippen LogP contribution is 2.28. The Kier molecular flexibility index (Phi) is 6.93. The van der Waals surface area contributed by atoms with Gasteiger partial charge in [-0.05, 0) is 38.3 Å². The molecule has 0 aliphatic heterocycles. The van der Waals surface area contributed by atoms with Crippen molar-refractivity contribution in [3.05, 3.63) is 29.8 Å². The lowest BCUT2D eigenvalue weighted by Crippen LogP contribution is -2.22. The van der Waals surface area contributed by atoms with Crippen LogP contribution in [0.1, 0.15) is 59.1 Å². The predicted molar refractivity (Wildman–Crippen MR) is 82.7 cm³/mol. The van der Waals surface area contributed by atoms with Gasteiger partial charge in [0.05, 0.1) is 6.10 Å². The maximum atomic E-state index is 6.15. The maximum Gasteiger partial charge on any atom is 0.124 e. The molecule has 0 saturated heterocycles. The van der Waals surface area contributed by atoms with Gasteiger partial charge in [0.2, 0.25) is 0 Å². The van der Waals surface area contributed by atoms with Crippen LogP contribution in [0.25, 0.3) is 0 Å². The van der Waals surface area contributed by atoms with Crippen LogP contribution in [0.15, 0.2) is 24.3 Å². The largest absolute Gasteiger partial charge is 0.490 e. The van der Waals surface area contributed by atoms with E-state index in [9.17, 15) is 0 Å². The number of para-hydroxylation sites is 1. The Morgan fingerprint density at radius 1 is 1.11 bits per heavy atom. The molecule has 1 aromatic carbocycles. The summed E-state index contributed by atoms with van der Waals surface area (Å²) in [6, 6.07) is 8.79. The van der Waals surface area contributed by atoms with Crippen LogP contribution < -0.4 is 10.1 Å². The summed E-state index contributed by atoms with van der Waals surface area (Å²) in [6.07, 6.45) is 2.43. The summed E-state index contributed by atoms with van der Waals surface area (Å²) < 4.78 is 6.15. The zero-order valence-electron chi connectivity index (χ0n) is 13.1. The van der Waals surface area contributed by atoms with Crippen molar-refractivity contribution in [2.24, 2.45) is 5.92 Å². The molecule has 0 spiro atoms. The van der Waals surface area contributed by atoms with Crippen LogP contribution in [0.4, 0.5) is 0 Å². The van der Waals surface area contributed by atoms with Crippen LogP contribution in [0.5, 0.6) is 5.75 Å². The van der Waals surface area contributed by atoms with Gasteiger partial charge < -0.3 is 10.1 Å². The quantitative estimate of drug-likeness (QED) is 0.742. The van der Waals surface area contributed by atoms with Crippen LogP contribution in [0.3, 0.4) is 0 Å². The third-order valence-corrected chi connectivity index (χ3v) is 3.28. The van der Waals surface area contributed by atoms with Gasteiger partial charge in [-0.3, -0.25) is 0 Å². The minimum Gasteiger partial charge on any atom is -0.490 e. The molecule has 0 amide bonds. The molecule has 1 aromatic rings. The first-order chi connectivity index (χ1) is 9.08. The van der Waals surface area contributed by atoms with Crippen molar-refractivity contribution in [3.8, 4) is 5.75 Å². The molecular weight excluding hydrogens is 234 g/mol. The Hall–Kier alpha value is -1.02. The highest BCUT2D eigenvalue weighted by Gasteiger charge is 2.15. The Balaban J connectivity index is 2.82. The van der Waals surface area contributed by atoms with E-state index < -0.39 is 0 Å². The van der Waals surface area contributed by atoms with Crippen LogP contribution in [0, 0.1) is 5.92 Å². The lowest BCUT2D eigenvalue weighted by molar-refractivity contribution is 0.190. The van der Waals surface area contributed by atoms with E-state index in [1.54, 1.807) is 0 Å². The molecule has 0 heterocycles. The number of rotatable bonds is 8. The Bertz CT molecular complexity index is 362. The van der Waals surface area contributed by atoms with E-state index in [4.69, 9.17) is 4.74 Å². The second-order valence-corrected chi connectivity index (χ2v) is 5.61. The van der Waals surface area contributed by atoms with Gasteiger partial charge in [-0.25, -0.2) is 0 Å². The Labute approximate surface area is 118 Å². The van der Waals surface area contributed by atoms with Gasteiger partial charge in [-0.1, -0.05) is 45.9 Å². The average Bonchev–Trinajstić information content (AvgIpc) is 2.36. The number of ether oxygens (including phenoxy) is 1. The smallest absolute Gasteiger partial charge is 0.124 e. The van der Waals surface area contributed by atoms with E-state index in [1.807, 2.05) is 0 Å². The normalized spacial score (nSPS) is 14.4. The van der Waals surface area contributed by atoms with Gasteiger partial charge in [0.15, 0.2) is 0 Å². The van der Waals surface area contributed by atoms with Crippen molar-refractivity contribution in [2.75, 3.05) is 6.54 Å². The van der Waals surface area contributed by atoms with E-state index in [1.165, 1.54) is 5.56 Å². The van der Waals surface area contributed by atoms with Crippen molar-refractivity contribution in [3.63, 3.8) is 0 Å². The van der Waals surface area contributed by atoms with Crippen LogP contribution in [0.2, 0.25) is 0 Å². The van der Waals surface area contributed by atoms with Gasteiger partial charge in [-0.15, -0.1) is 0 Å². The van der Waals surface area contributed by atoms with Gasteiger partial charge in [0, 0.05) is 11.6 Å². The zero-order valence-corrected chi connectivity index (χ0v) is 13.1. The molecule has 2 atom stereocenters. The third kappa shape index (κ3) is 5.23. The molecule has 2 nitrogen and oxygen atoms in total. The number of benzene rings is 1. The third-order valence-electron chi connectivity index (χ3n) is 3.28. The zero-order chi connectivity index (χ0) is 14.3. The van der Waals surface area contributed by atoms with E-state index >= 15 is 0 Å². The second kappa shape index (κ2) is 8.21. The number of hydrogen-bond acceptors (Lipinski definition) is 2. The monoisotopic (exact) mass is 263 g/mol. The fourth-order valence-corrected chi connectivity index (χ4v) is 2.53. The topological polar surface area (TPSA) is 21.3 Å². The molecule has 0 saturated carbocycles. The minimum absolute atomic E-state index is 0.264. The first kappa shape index (κ1) is 16.0. The Morgan fingerprint density at radius 3 is 2.37 bits per heavy atom. The van der Waals surface area contributed by atoms with Crippen molar-refractivity contribution in [2.45, 2.75) is 59.6 Å². The number of nitrogens with one attached hydrogen (secondary N) is 1. The lowest BCUT2D eigenvalue weighted by Gasteiger charge is -2.23. The molecule has 2 heteroatoms. The maximum absolute atomic E-state index is 6.15. The van der Waals surface area contributed by atoms with E-state index in [2.05, 4.69) is 64.2 Å². The van der Waals surface area contributed by atoms with Crippen molar-refractivity contribution in [1.29, 1.82) is 0 Å². The summed E-state index contributed by atoms with van der Waals surface area (Å²) in [4.78, 5) is 0. The first-order valence-corrected chi connectivity index (χ1v) is 7.57. The molecule has 2 unspecified atom stereocenters. The fraction of sp³-hybridized carbons (Fsp3) is 0.647. The van der Waals surface area contributed by atoms with E-state index in [0.29, 0.717) is 12.0 Å². The van der Waals surface area contributed by atoms with Crippen LogP contribution >= 0.6 is 0 Å². The Morgan fingerprint density at radius 2 is 1.79 bits per heavy atom. The minimum atomic E-state index is 0.264. The summed E-state index contributed by atoms with van der Waals surface area (Å²) in [5.41, 5.74) is 1.28. The van der Waals surface area contributed by atoms with Gasteiger partial charge in [-0.2, -0.15) is 0 Å². The SMILES string of the molecule is CCNC(CC)c1ccccc1OC(C)CC(C)C. The van der Waals surface area contributed by atoms with Crippen molar-refractivity contribution in [1.82, 2.24) is 5.32 Å². The molecule has 0 bridgehead atoms. The second-order valence-electron chi connectivity index (χ2n) is 5.61. The highest BCUT2D eigenvalue weighted by atomic mass is 16.5. The molecule has 19 heavy (non-hydrogen) atoms. The molecule has 0 fully saturated rings. The van der Waals surface area contributed by atoms with Gasteiger partial charge in [0.25, 0.3) is 0 Å². The lowest BCUT2D eigenvalue weighted by atomic mass is 10.0. The highest BCUT2D eigenvalue weighted by molar-refractivity contribution is 5.36. The summed E-state index contributed by atoms with van der Waals surface area (Å²) in [5.74, 6) is 1.70. The van der Waals surface area contributed by atoms with Crippen LogP contribution in [-0.4, -0.2) is 12.6 Å². The molecular formula is C17H29NO. The molecule has 1 rings (SSSR count). The summed E-state index contributed by atoms with van der Waals surface area (Å²) in [5, 5.41) is 3.52. The first-order valence-electron chi connectivity index (χ1n) is 7.57. The molecule has 0 aromatic heterocycles. The van der Waals surface area contributed by atoms with Crippen LogP contribution in [-0.2, 0) is 0 Å². The van der Waals surface area contributed by atoms with E-state index in [-0.39, 0.29) is 6.10 Å². The molecule has 0 radical (unpaired) electrons. The summed E-state index contributed by atoms with van der Waals surface area (Å²) >= 11 is 0. The average molecular weight is 263 g/mol. The van der Waals surface area contributed by atoms with Gasteiger partial charge >= 0.3 is 0 Å². The molecule has 1 N–H and O–H groups in total. The van der Waals surface area contributed by atoms with Crippen molar-refractivity contribution < 1.29 is 4.74 Å². The van der Waals surface area contributed by atoms with Gasteiger partial charge in [0.1, 0.15) is 5.75 Å². The fourth-order valence-electron chi connectivity index (χ4n) is 2.53. The summed E-state index contributed by atoms with van der Waals surface area (Å²) in [7, 11) is 0. The molecule has 0 aliphatic carbocycles. The number of hydrogen-bond donors (Lipinski definition) is 1. The predicted octanol–water partition coefficient (Wildman–Crippen LogP) is 4.56. The molecule has 108 valence electrons. The summed E-state index contributed by atoms with van der Waals surface area (Å²) in [6.45, 7) is 12.0. The van der Waals surface area contributed by atoms with E-state index in [0.717, 1.165) is 25.1 Å². The standard InChI is InChI=1S/C17H29NO/c1-6-16(18-7-2)15-10-8-9-11-17(15)19-14(5)12-13(3)4/h8-11,13-14,16,18H,6-7,12H2,1-5H3. The molecule has 0 aliphatic rings.